The Balaban J connectivity index is 2.19. The molecule has 0 aliphatic heterocycles. The van der Waals surface area contributed by atoms with Crippen molar-refractivity contribution in [3.63, 3.8) is 0 Å². The van der Waals surface area contributed by atoms with Crippen molar-refractivity contribution in [2.45, 2.75) is 6.42 Å². The molecule has 2 aromatic carbocycles. The quantitative estimate of drug-likeness (QED) is 0.825. The molecule has 1 amide bonds. The standard InChI is InChI=1S/C18H22N2O3/c1-19-11-10-13-6-4-5-7-15(13)18(21)20-14-8-9-16(22-2)17(12-14)23-3/h4-9,12,19H,10-11H2,1-3H3,(H,20,21). The summed E-state index contributed by atoms with van der Waals surface area (Å²) < 4.78 is 10.5. The zero-order valence-electron chi connectivity index (χ0n) is 13.7. The van der Waals surface area contributed by atoms with Crippen LogP contribution in [0.5, 0.6) is 11.5 Å². The number of amides is 1. The molecule has 122 valence electrons. The van der Waals surface area contributed by atoms with E-state index in [-0.39, 0.29) is 5.91 Å². The first-order valence-corrected chi connectivity index (χ1v) is 7.45. The van der Waals surface area contributed by atoms with E-state index in [1.165, 1.54) is 0 Å². The SMILES string of the molecule is CNCCc1ccccc1C(=O)Nc1ccc(OC)c(OC)c1. The molecule has 0 saturated carbocycles. The Morgan fingerprint density at radius 2 is 1.78 bits per heavy atom. The lowest BCUT2D eigenvalue weighted by Crippen LogP contribution is -2.17. The maximum Gasteiger partial charge on any atom is 0.255 e. The van der Waals surface area contributed by atoms with Crippen LogP contribution in [0.25, 0.3) is 0 Å². The van der Waals surface area contributed by atoms with Crippen LogP contribution in [-0.4, -0.2) is 33.7 Å². The average Bonchev–Trinajstić information content (AvgIpc) is 2.60. The van der Waals surface area contributed by atoms with Crippen LogP contribution < -0.4 is 20.1 Å². The fraction of sp³-hybridized carbons (Fsp3) is 0.278. The number of hydrogen-bond acceptors (Lipinski definition) is 4. The van der Waals surface area contributed by atoms with Crippen LogP contribution in [0.2, 0.25) is 0 Å². The molecule has 0 aromatic heterocycles. The van der Waals surface area contributed by atoms with Gasteiger partial charge in [0.05, 0.1) is 14.2 Å². The Morgan fingerprint density at radius 3 is 2.48 bits per heavy atom. The molecule has 0 aliphatic carbocycles. The second kappa shape index (κ2) is 8.19. The Labute approximate surface area is 136 Å². The van der Waals surface area contributed by atoms with Gasteiger partial charge in [0.15, 0.2) is 11.5 Å². The maximum absolute atomic E-state index is 12.5. The molecule has 5 heteroatoms. The molecule has 0 spiro atoms. The topological polar surface area (TPSA) is 59.6 Å². The van der Waals surface area contributed by atoms with Crippen molar-refractivity contribution in [2.24, 2.45) is 0 Å². The third-order valence-corrected chi connectivity index (χ3v) is 3.55. The summed E-state index contributed by atoms with van der Waals surface area (Å²) in [6, 6.07) is 12.9. The molecule has 2 rings (SSSR count). The Bertz CT molecular complexity index is 671. The summed E-state index contributed by atoms with van der Waals surface area (Å²) in [6.45, 7) is 0.820. The van der Waals surface area contributed by atoms with Gasteiger partial charge >= 0.3 is 0 Å². The number of ether oxygens (including phenoxy) is 2. The van der Waals surface area contributed by atoms with Gasteiger partial charge in [0, 0.05) is 17.3 Å². The number of hydrogen-bond donors (Lipinski definition) is 2. The number of likely N-dealkylation sites (N-methyl/N-ethyl adjacent to an activating group) is 1. The number of nitrogens with one attached hydrogen (secondary N) is 2. The van der Waals surface area contributed by atoms with Crippen LogP contribution in [0.4, 0.5) is 5.69 Å². The van der Waals surface area contributed by atoms with Gasteiger partial charge < -0.3 is 20.1 Å². The minimum atomic E-state index is -0.135. The zero-order chi connectivity index (χ0) is 16.7. The highest BCUT2D eigenvalue weighted by molar-refractivity contribution is 6.05. The van der Waals surface area contributed by atoms with Crippen LogP contribution in [0.15, 0.2) is 42.5 Å². The first-order valence-electron chi connectivity index (χ1n) is 7.45. The van der Waals surface area contributed by atoms with Crippen LogP contribution in [0, 0.1) is 0 Å². The highest BCUT2D eigenvalue weighted by atomic mass is 16.5. The molecule has 23 heavy (non-hydrogen) atoms. The Morgan fingerprint density at radius 1 is 1.04 bits per heavy atom. The number of rotatable bonds is 7. The predicted octanol–water partition coefficient (Wildman–Crippen LogP) is 2.72. The van der Waals surface area contributed by atoms with Crippen molar-refractivity contribution in [3.8, 4) is 11.5 Å². The molecule has 0 fully saturated rings. The molecule has 2 N–H and O–H groups in total. The molecule has 0 bridgehead atoms. The summed E-state index contributed by atoms with van der Waals surface area (Å²) in [5, 5.41) is 6.00. The minimum Gasteiger partial charge on any atom is -0.493 e. The molecule has 2 aromatic rings. The fourth-order valence-electron chi connectivity index (χ4n) is 2.33. The highest BCUT2D eigenvalue weighted by Gasteiger charge is 2.12. The summed E-state index contributed by atoms with van der Waals surface area (Å²) in [6.07, 6.45) is 0.798. The molecule has 0 aliphatic rings. The van der Waals surface area contributed by atoms with E-state index in [1.54, 1.807) is 32.4 Å². The molecule has 0 radical (unpaired) electrons. The molecule has 5 nitrogen and oxygen atoms in total. The van der Waals surface area contributed by atoms with Crippen molar-refractivity contribution in [3.05, 3.63) is 53.6 Å². The van der Waals surface area contributed by atoms with Crippen LogP contribution in [-0.2, 0) is 6.42 Å². The van der Waals surface area contributed by atoms with E-state index in [1.807, 2.05) is 31.3 Å². The zero-order valence-corrected chi connectivity index (χ0v) is 13.7. The van der Waals surface area contributed by atoms with E-state index in [0.717, 1.165) is 18.5 Å². The minimum absolute atomic E-state index is 0.135. The van der Waals surface area contributed by atoms with Crippen molar-refractivity contribution >= 4 is 11.6 Å². The van der Waals surface area contributed by atoms with Crippen LogP contribution >= 0.6 is 0 Å². The van der Waals surface area contributed by atoms with Gasteiger partial charge in [0.2, 0.25) is 0 Å². The summed E-state index contributed by atoms with van der Waals surface area (Å²) in [4.78, 5) is 12.5. The fourth-order valence-corrected chi connectivity index (χ4v) is 2.33. The summed E-state index contributed by atoms with van der Waals surface area (Å²) >= 11 is 0. The van der Waals surface area contributed by atoms with Gasteiger partial charge in [-0.1, -0.05) is 18.2 Å². The Kier molecular flexibility index (Phi) is 6.00. The molecule has 0 heterocycles. The second-order valence-electron chi connectivity index (χ2n) is 5.03. The number of benzene rings is 2. The van der Waals surface area contributed by atoms with Gasteiger partial charge in [-0.15, -0.1) is 0 Å². The highest BCUT2D eigenvalue weighted by Crippen LogP contribution is 2.30. The average molecular weight is 314 g/mol. The maximum atomic E-state index is 12.5. The van der Waals surface area contributed by atoms with Gasteiger partial charge in [-0.05, 0) is 43.8 Å². The number of methoxy groups -OCH3 is 2. The lowest BCUT2D eigenvalue weighted by atomic mass is 10.0. The molecule has 0 atom stereocenters. The van der Waals surface area contributed by atoms with Gasteiger partial charge in [-0.25, -0.2) is 0 Å². The normalized spacial score (nSPS) is 10.2. The largest absolute Gasteiger partial charge is 0.493 e. The van der Waals surface area contributed by atoms with Crippen molar-refractivity contribution in [1.82, 2.24) is 5.32 Å². The smallest absolute Gasteiger partial charge is 0.255 e. The first-order chi connectivity index (χ1) is 11.2. The van der Waals surface area contributed by atoms with Gasteiger partial charge in [0.1, 0.15) is 0 Å². The van der Waals surface area contributed by atoms with Gasteiger partial charge in [-0.3, -0.25) is 4.79 Å². The predicted molar refractivity (Wildman–Crippen MR) is 91.6 cm³/mol. The van der Waals surface area contributed by atoms with E-state index in [2.05, 4.69) is 10.6 Å². The third kappa shape index (κ3) is 4.23. The summed E-state index contributed by atoms with van der Waals surface area (Å²) in [7, 11) is 5.04. The number of anilines is 1. The lowest BCUT2D eigenvalue weighted by Gasteiger charge is -2.12. The number of carbonyl (C=O) groups is 1. The van der Waals surface area contributed by atoms with Crippen molar-refractivity contribution < 1.29 is 14.3 Å². The van der Waals surface area contributed by atoms with E-state index in [4.69, 9.17) is 9.47 Å². The molecule has 0 unspecified atom stereocenters. The van der Waals surface area contributed by atoms with Crippen molar-refractivity contribution in [2.75, 3.05) is 33.1 Å². The molecule has 0 saturated heterocycles. The molecular weight excluding hydrogens is 292 g/mol. The third-order valence-electron chi connectivity index (χ3n) is 3.55. The van der Waals surface area contributed by atoms with E-state index >= 15 is 0 Å². The van der Waals surface area contributed by atoms with E-state index in [0.29, 0.717) is 22.7 Å². The van der Waals surface area contributed by atoms with E-state index < -0.39 is 0 Å². The van der Waals surface area contributed by atoms with Crippen molar-refractivity contribution in [1.29, 1.82) is 0 Å². The summed E-state index contributed by atoms with van der Waals surface area (Å²) in [5.74, 6) is 1.07. The first kappa shape index (κ1) is 16.8. The lowest BCUT2D eigenvalue weighted by molar-refractivity contribution is 0.102. The molecular formula is C18H22N2O3. The monoisotopic (exact) mass is 314 g/mol. The van der Waals surface area contributed by atoms with Gasteiger partial charge in [-0.2, -0.15) is 0 Å². The van der Waals surface area contributed by atoms with Crippen LogP contribution in [0.1, 0.15) is 15.9 Å². The van der Waals surface area contributed by atoms with Gasteiger partial charge in [0.25, 0.3) is 5.91 Å². The van der Waals surface area contributed by atoms with Crippen LogP contribution in [0.3, 0.4) is 0 Å². The second-order valence-corrected chi connectivity index (χ2v) is 5.03. The number of carbonyl (C=O) groups excluding carboxylic acids is 1. The Hall–Kier alpha value is -2.53. The van der Waals surface area contributed by atoms with E-state index in [9.17, 15) is 4.79 Å². The summed E-state index contributed by atoms with van der Waals surface area (Å²) in [5.41, 5.74) is 2.36.